The van der Waals surface area contributed by atoms with Crippen molar-refractivity contribution in [2.24, 2.45) is 23.2 Å². The number of hydrogen-bond donors (Lipinski definition) is 0. The fraction of sp³-hybridized carbons (Fsp3) is 0.393. The lowest BCUT2D eigenvalue weighted by molar-refractivity contribution is -0.0635. The van der Waals surface area contributed by atoms with Gasteiger partial charge in [0, 0.05) is 17.3 Å². The summed E-state index contributed by atoms with van der Waals surface area (Å²) in [5.74, 6) is 2.52. The Morgan fingerprint density at radius 3 is 1.81 bits per heavy atom. The summed E-state index contributed by atoms with van der Waals surface area (Å²) in [5.41, 5.74) is 5.54. The van der Waals surface area contributed by atoms with Crippen molar-refractivity contribution in [3.63, 3.8) is 0 Å². The maximum absolute atomic E-state index is 6.98. The molecule has 4 aliphatic carbocycles. The minimum Gasteiger partial charge on any atom is -0.256 e. The molecule has 4 radical (unpaired) electrons. The van der Waals surface area contributed by atoms with Crippen LogP contribution in [-0.2, 0) is 5.21 Å². The van der Waals surface area contributed by atoms with Crippen LogP contribution in [0, 0.1) is 23.2 Å². The molecule has 1 aromatic heterocycles. The number of benzene rings is 2. The molecular formula is C28H27B2N. The zero-order valence-corrected chi connectivity index (χ0v) is 18.0. The van der Waals surface area contributed by atoms with Gasteiger partial charge in [0.1, 0.15) is 0 Å². The number of aromatic nitrogens is 1. The van der Waals surface area contributed by atoms with Crippen molar-refractivity contribution in [3.8, 4) is 22.4 Å². The molecule has 0 aliphatic heterocycles. The van der Waals surface area contributed by atoms with E-state index in [1.54, 1.807) is 0 Å². The lowest BCUT2D eigenvalue weighted by Crippen LogP contribution is -2.57. The third-order valence-corrected chi connectivity index (χ3v) is 8.44. The average molecular weight is 399 g/mol. The Morgan fingerprint density at radius 2 is 1.26 bits per heavy atom. The van der Waals surface area contributed by atoms with Crippen molar-refractivity contribution < 1.29 is 0 Å². The van der Waals surface area contributed by atoms with Gasteiger partial charge in [0.15, 0.2) is 0 Å². The first-order valence-corrected chi connectivity index (χ1v) is 11.7. The number of nitrogens with zero attached hydrogens (tertiary/aromatic N) is 1. The first-order valence-electron chi connectivity index (χ1n) is 11.7. The van der Waals surface area contributed by atoms with Crippen LogP contribution in [0.5, 0.6) is 0 Å². The van der Waals surface area contributed by atoms with Gasteiger partial charge < -0.3 is 0 Å². The maximum Gasteiger partial charge on any atom is 0.0702 e. The highest BCUT2D eigenvalue weighted by atomic mass is 14.7. The second-order valence-corrected chi connectivity index (χ2v) is 10.4. The van der Waals surface area contributed by atoms with E-state index in [9.17, 15) is 0 Å². The summed E-state index contributed by atoms with van der Waals surface area (Å²) in [6.45, 7) is 0. The molecule has 1 nitrogen and oxygen atoms in total. The zero-order valence-electron chi connectivity index (χ0n) is 18.0. The van der Waals surface area contributed by atoms with Crippen LogP contribution >= 0.6 is 0 Å². The zero-order chi connectivity index (χ0) is 21.1. The Balaban J connectivity index is 1.26. The van der Waals surface area contributed by atoms with Gasteiger partial charge in [-0.15, -0.1) is 0 Å². The molecule has 4 bridgehead atoms. The standard InChI is InChI=1S/C28H27B2N/c29-28(30,27-15-19-12-20(16-27)14-21(13-19)17-27)25-9-6-22(7-10-25)24-8-11-26(31-18-24)23-4-2-1-3-5-23/h1-11,18-21H,12-17H2. The normalized spacial score (nSPS) is 29.2. The molecule has 0 amide bonds. The molecule has 3 aromatic rings. The Hall–Kier alpha value is -2.28. The van der Waals surface area contributed by atoms with Crippen LogP contribution in [0.2, 0.25) is 0 Å². The third kappa shape index (κ3) is 3.20. The highest BCUT2D eigenvalue weighted by Gasteiger charge is 2.56. The van der Waals surface area contributed by atoms with Crippen molar-refractivity contribution >= 4 is 15.7 Å². The Kier molecular flexibility index (Phi) is 4.46. The van der Waals surface area contributed by atoms with E-state index in [0.717, 1.165) is 45.7 Å². The van der Waals surface area contributed by atoms with Gasteiger partial charge in [0.25, 0.3) is 0 Å². The predicted octanol–water partition coefficient (Wildman–Crippen LogP) is 6.12. The summed E-state index contributed by atoms with van der Waals surface area (Å²) in [7, 11) is 14.0. The minimum absolute atomic E-state index is 0.0716. The second kappa shape index (κ2) is 7.12. The van der Waals surface area contributed by atoms with Gasteiger partial charge in [0.05, 0.1) is 21.4 Å². The fourth-order valence-electron chi connectivity index (χ4n) is 7.21. The van der Waals surface area contributed by atoms with Gasteiger partial charge in [-0.2, -0.15) is 0 Å². The number of rotatable bonds is 4. The van der Waals surface area contributed by atoms with Crippen LogP contribution in [0.25, 0.3) is 22.4 Å². The molecule has 4 saturated carbocycles. The molecule has 0 unspecified atom stereocenters. The summed E-state index contributed by atoms with van der Waals surface area (Å²) in [6.07, 6.45) is 9.78. The van der Waals surface area contributed by atoms with Gasteiger partial charge in [-0.25, -0.2) is 0 Å². The lowest BCUT2D eigenvalue weighted by Gasteiger charge is -2.63. The van der Waals surface area contributed by atoms with Crippen LogP contribution in [-0.4, -0.2) is 20.7 Å². The molecule has 7 rings (SSSR count). The van der Waals surface area contributed by atoms with E-state index in [0.29, 0.717) is 0 Å². The summed E-state index contributed by atoms with van der Waals surface area (Å²) in [6, 6.07) is 23.1. The molecule has 3 heteroatoms. The molecule has 31 heavy (non-hydrogen) atoms. The molecule has 2 aromatic carbocycles. The van der Waals surface area contributed by atoms with Crippen LogP contribution in [0.3, 0.4) is 0 Å². The molecule has 0 N–H and O–H groups in total. The van der Waals surface area contributed by atoms with Crippen molar-refractivity contribution in [2.45, 2.75) is 43.7 Å². The van der Waals surface area contributed by atoms with Crippen LogP contribution in [0.1, 0.15) is 44.1 Å². The first kappa shape index (κ1) is 19.4. The fourth-order valence-corrected chi connectivity index (χ4v) is 7.21. The largest absolute Gasteiger partial charge is 0.256 e. The molecule has 4 aliphatic rings. The van der Waals surface area contributed by atoms with Crippen molar-refractivity contribution in [2.75, 3.05) is 0 Å². The van der Waals surface area contributed by atoms with Gasteiger partial charge >= 0.3 is 0 Å². The highest BCUT2D eigenvalue weighted by molar-refractivity contribution is 6.40. The van der Waals surface area contributed by atoms with Gasteiger partial charge in [-0.3, -0.25) is 4.98 Å². The summed E-state index contributed by atoms with van der Waals surface area (Å²) >= 11 is 0. The van der Waals surface area contributed by atoms with Crippen molar-refractivity contribution in [1.29, 1.82) is 0 Å². The van der Waals surface area contributed by atoms with E-state index >= 15 is 0 Å². The van der Waals surface area contributed by atoms with E-state index in [-0.39, 0.29) is 5.41 Å². The summed E-state index contributed by atoms with van der Waals surface area (Å²) < 4.78 is 0. The van der Waals surface area contributed by atoms with Crippen molar-refractivity contribution in [1.82, 2.24) is 4.98 Å². The van der Waals surface area contributed by atoms with E-state index in [2.05, 4.69) is 53.5 Å². The molecule has 4 fully saturated rings. The van der Waals surface area contributed by atoms with Crippen LogP contribution < -0.4 is 0 Å². The Morgan fingerprint density at radius 1 is 0.677 bits per heavy atom. The van der Waals surface area contributed by atoms with E-state index in [4.69, 9.17) is 15.7 Å². The third-order valence-electron chi connectivity index (χ3n) is 8.44. The lowest BCUT2D eigenvalue weighted by atomic mass is 9.31. The molecule has 0 atom stereocenters. The SMILES string of the molecule is [B]C([B])(c1ccc(-c2ccc(-c3ccccc3)nc2)cc1)C12CC3CC(CC(C3)C1)C2. The van der Waals surface area contributed by atoms with E-state index in [1.165, 1.54) is 38.5 Å². The Labute approximate surface area is 188 Å². The smallest absolute Gasteiger partial charge is 0.0702 e. The number of hydrogen-bond acceptors (Lipinski definition) is 1. The van der Waals surface area contributed by atoms with E-state index in [1.807, 2.05) is 24.4 Å². The quantitative estimate of drug-likeness (QED) is 0.482. The summed E-state index contributed by atoms with van der Waals surface area (Å²) in [4.78, 5) is 4.67. The van der Waals surface area contributed by atoms with E-state index < -0.39 is 5.21 Å². The van der Waals surface area contributed by atoms with Crippen molar-refractivity contribution in [3.05, 3.63) is 78.5 Å². The van der Waals surface area contributed by atoms with Gasteiger partial charge in [0.2, 0.25) is 0 Å². The topological polar surface area (TPSA) is 12.9 Å². The summed E-state index contributed by atoms with van der Waals surface area (Å²) in [5, 5.41) is -0.753. The minimum atomic E-state index is -0.753. The average Bonchev–Trinajstić information content (AvgIpc) is 2.79. The second-order valence-electron chi connectivity index (χ2n) is 10.4. The molecule has 1 heterocycles. The van der Waals surface area contributed by atoms with Crippen LogP contribution in [0.4, 0.5) is 0 Å². The maximum atomic E-state index is 6.98. The molecular weight excluding hydrogens is 372 g/mol. The Bertz CT molecular complexity index is 1030. The monoisotopic (exact) mass is 399 g/mol. The molecule has 0 spiro atoms. The van der Waals surface area contributed by atoms with Gasteiger partial charge in [-0.1, -0.05) is 71.4 Å². The highest BCUT2D eigenvalue weighted by Crippen LogP contribution is 2.64. The molecule has 0 saturated heterocycles. The number of pyridine rings is 1. The first-order chi connectivity index (χ1) is 15.0. The van der Waals surface area contributed by atoms with Crippen LogP contribution in [0.15, 0.2) is 72.9 Å². The molecule has 150 valence electrons. The predicted molar refractivity (Wildman–Crippen MR) is 129 cm³/mol. The van der Waals surface area contributed by atoms with Gasteiger partial charge in [-0.05, 0) is 73.3 Å².